The Kier molecular flexibility index (Phi) is 4.88. The van der Waals surface area contributed by atoms with E-state index >= 15 is 0 Å². The summed E-state index contributed by atoms with van der Waals surface area (Å²) in [6.07, 6.45) is 0.937. The fraction of sp³-hybridized carbons (Fsp3) is 0.120. The summed E-state index contributed by atoms with van der Waals surface area (Å²) < 4.78 is 11.5. The third-order valence-corrected chi connectivity index (χ3v) is 5.26. The molecule has 6 heteroatoms. The molecule has 0 amide bonds. The number of nitrogens with one attached hydrogen (secondary N) is 2. The largest absolute Gasteiger partial charge is 0.497 e. The number of hydrogen-bond acceptors (Lipinski definition) is 5. The third-order valence-electron chi connectivity index (χ3n) is 5.26. The highest BCUT2D eigenvalue weighted by Crippen LogP contribution is 2.25. The monoisotopic (exact) mass is 410 g/mol. The van der Waals surface area contributed by atoms with Gasteiger partial charge in [-0.05, 0) is 60.5 Å². The van der Waals surface area contributed by atoms with E-state index in [1.807, 2.05) is 60.7 Å². The highest BCUT2D eigenvalue weighted by atomic mass is 16.5. The van der Waals surface area contributed by atoms with Crippen LogP contribution in [0.15, 0.2) is 82.3 Å². The molecule has 2 N–H and O–H groups in total. The Labute approximate surface area is 179 Å². The van der Waals surface area contributed by atoms with E-state index in [4.69, 9.17) is 9.15 Å². The molecule has 0 bridgehead atoms. The predicted molar refractivity (Wildman–Crippen MR) is 123 cm³/mol. The van der Waals surface area contributed by atoms with Gasteiger partial charge in [-0.3, -0.25) is 0 Å². The van der Waals surface area contributed by atoms with E-state index in [-0.39, 0.29) is 0 Å². The van der Waals surface area contributed by atoms with Gasteiger partial charge < -0.3 is 14.1 Å². The summed E-state index contributed by atoms with van der Waals surface area (Å²) in [5.74, 6) is 2.12. The van der Waals surface area contributed by atoms with Crippen LogP contribution in [0.25, 0.3) is 33.3 Å². The first-order chi connectivity index (χ1) is 15.2. The zero-order chi connectivity index (χ0) is 21.2. The second-order valence-electron chi connectivity index (χ2n) is 7.23. The van der Waals surface area contributed by atoms with Crippen LogP contribution in [0.2, 0.25) is 0 Å². The molecule has 5 rings (SSSR count). The van der Waals surface area contributed by atoms with Crippen LogP contribution in [0.1, 0.15) is 12.5 Å². The lowest BCUT2D eigenvalue weighted by molar-refractivity contribution is 0.415. The average molecular weight is 410 g/mol. The first kappa shape index (κ1) is 18.9. The number of anilines is 1. The lowest BCUT2D eigenvalue weighted by Crippen LogP contribution is -2.08. The van der Waals surface area contributed by atoms with E-state index in [0.717, 1.165) is 50.9 Å². The van der Waals surface area contributed by atoms with Gasteiger partial charge in [-0.25, -0.2) is 10.4 Å². The van der Waals surface area contributed by atoms with Crippen LogP contribution in [0.3, 0.4) is 0 Å². The minimum Gasteiger partial charge on any atom is -0.497 e. The van der Waals surface area contributed by atoms with Gasteiger partial charge >= 0.3 is 0 Å². The van der Waals surface area contributed by atoms with Crippen LogP contribution in [0.4, 0.5) is 5.95 Å². The standard InChI is InChI=1S/C25H22N4O2/c1-3-16-8-13-23-19(14-16)22(15-24(31-23)17-9-11-18(30-2)12-10-17)28-29-25-26-20-6-4-5-7-21(20)27-25/h4-15H,3H2,1-2H3,(H2,26,27,29). The van der Waals surface area contributed by atoms with Gasteiger partial charge in [0.25, 0.3) is 0 Å². The van der Waals surface area contributed by atoms with Crippen molar-refractivity contribution in [1.82, 2.24) is 9.97 Å². The Hall–Kier alpha value is -4.06. The summed E-state index contributed by atoms with van der Waals surface area (Å²) in [7, 11) is 1.65. The number of H-pyrrole nitrogens is 1. The Balaban J connectivity index is 1.63. The molecular weight excluding hydrogens is 388 g/mol. The van der Waals surface area contributed by atoms with Crippen LogP contribution in [-0.4, -0.2) is 17.1 Å². The maximum absolute atomic E-state index is 6.21. The second-order valence-corrected chi connectivity index (χ2v) is 7.23. The summed E-state index contributed by atoms with van der Waals surface area (Å²) in [6, 6.07) is 23.8. The van der Waals surface area contributed by atoms with Crippen LogP contribution >= 0.6 is 0 Å². The number of benzene rings is 3. The maximum atomic E-state index is 6.21. The lowest BCUT2D eigenvalue weighted by Gasteiger charge is -2.07. The highest BCUT2D eigenvalue weighted by Gasteiger charge is 2.08. The van der Waals surface area contributed by atoms with Crippen LogP contribution in [0.5, 0.6) is 5.75 Å². The molecule has 2 aromatic heterocycles. The number of para-hydroxylation sites is 2. The second kappa shape index (κ2) is 7.99. The number of aromatic amines is 1. The van der Waals surface area contributed by atoms with Crippen molar-refractivity contribution in [2.45, 2.75) is 13.3 Å². The summed E-state index contributed by atoms with van der Waals surface area (Å²) in [5.41, 5.74) is 7.86. The molecule has 0 aliphatic carbocycles. The van der Waals surface area contributed by atoms with Gasteiger partial charge in [-0.2, -0.15) is 5.10 Å². The predicted octanol–water partition coefficient (Wildman–Crippen LogP) is 5.47. The van der Waals surface area contributed by atoms with E-state index in [9.17, 15) is 0 Å². The number of aryl methyl sites for hydroxylation is 1. The SMILES string of the molecule is CCc1ccc2oc(-c3ccc(OC)cc3)cc(=NNc3nc4ccccc4[nH]3)c2c1. The number of imidazole rings is 1. The van der Waals surface area contributed by atoms with Gasteiger partial charge in [0.05, 0.1) is 23.5 Å². The Morgan fingerprint density at radius 2 is 1.87 bits per heavy atom. The topological polar surface area (TPSA) is 75.4 Å². The molecule has 0 unspecified atom stereocenters. The van der Waals surface area contributed by atoms with E-state index in [2.05, 4.69) is 39.6 Å². The van der Waals surface area contributed by atoms with E-state index in [1.165, 1.54) is 5.56 Å². The van der Waals surface area contributed by atoms with Crippen LogP contribution in [-0.2, 0) is 6.42 Å². The van der Waals surface area contributed by atoms with Crippen molar-refractivity contribution >= 4 is 28.0 Å². The number of aromatic nitrogens is 2. The Morgan fingerprint density at radius 3 is 2.65 bits per heavy atom. The number of rotatable bonds is 5. The van der Waals surface area contributed by atoms with Crippen molar-refractivity contribution in [3.05, 3.63) is 83.7 Å². The van der Waals surface area contributed by atoms with Gasteiger partial charge in [-0.1, -0.05) is 25.1 Å². The summed E-state index contributed by atoms with van der Waals surface area (Å²) in [4.78, 5) is 7.79. The molecule has 3 aromatic carbocycles. The molecule has 2 heterocycles. The maximum Gasteiger partial charge on any atom is 0.222 e. The minimum atomic E-state index is 0.591. The molecule has 0 spiro atoms. The molecule has 5 aromatic rings. The third kappa shape index (κ3) is 3.75. The van der Waals surface area contributed by atoms with Gasteiger partial charge in [0.15, 0.2) is 0 Å². The molecule has 0 aliphatic heterocycles. The number of fused-ring (bicyclic) bond motifs is 2. The molecule has 0 fully saturated rings. The number of ether oxygens (including phenoxy) is 1. The lowest BCUT2D eigenvalue weighted by atomic mass is 10.1. The summed E-state index contributed by atoms with van der Waals surface area (Å²) in [5, 5.41) is 6.39. The molecule has 0 saturated heterocycles. The van der Waals surface area contributed by atoms with Crippen LogP contribution in [0, 0.1) is 0 Å². The average Bonchev–Trinajstić information content (AvgIpc) is 3.25. The van der Waals surface area contributed by atoms with Gasteiger partial charge in [0.1, 0.15) is 17.1 Å². The van der Waals surface area contributed by atoms with Gasteiger partial charge in [-0.15, -0.1) is 0 Å². The van der Waals surface area contributed by atoms with Gasteiger partial charge in [0, 0.05) is 17.0 Å². The normalized spacial score (nSPS) is 11.9. The fourth-order valence-electron chi connectivity index (χ4n) is 3.55. The quantitative estimate of drug-likeness (QED) is 0.377. The highest BCUT2D eigenvalue weighted by molar-refractivity contribution is 5.80. The smallest absolute Gasteiger partial charge is 0.222 e. The summed E-state index contributed by atoms with van der Waals surface area (Å²) >= 11 is 0. The first-order valence-corrected chi connectivity index (χ1v) is 10.2. The van der Waals surface area contributed by atoms with Crippen LogP contribution < -0.4 is 15.5 Å². The summed E-state index contributed by atoms with van der Waals surface area (Å²) in [6.45, 7) is 2.13. The molecule has 0 radical (unpaired) electrons. The number of hydrogen-bond donors (Lipinski definition) is 2. The fourth-order valence-corrected chi connectivity index (χ4v) is 3.55. The first-order valence-electron chi connectivity index (χ1n) is 10.2. The van der Waals surface area contributed by atoms with Crippen molar-refractivity contribution in [3.63, 3.8) is 0 Å². The molecule has 0 aliphatic rings. The molecule has 0 atom stereocenters. The van der Waals surface area contributed by atoms with Gasteiger partial charge in [0.2, 0.25) is 5.95 Å². The van der Waals surface area contributed by atoms with E-state index in [1.54, 1.807) is 7.11 Å². The minimum absolute atomic E-state index is 0.591. The van der Waals surface area contributed by atoms with Crippen molar-refractivity contribution < 1.29 is 9.15 Å². The number of methoxy groups -OCH3 is 1. The van der Waals surface area contributed by atoms with Crippen molar-refractivity contribution in [2.75, 3.05) is 12.5 Å². The zero-order valence-corrected chi connectivity index (χ0v) is 17.3. The Bertz CT molecular complexity index is 1400. The molecule has 6 nitrogen and oxygen atoms in total. The van der Waals surface area contributed by atoms with E-state index < -0.39 is 0 Å². The molecule has 154 valence electrons. The van der Waals surface area contributed by atoms with E-state index in [0.29, 0.717) is 5.95 Å². The molecular formula is C25H22N4O2. The Morgan fingerprint density at radius 1 is 1.03 bits per heavy atom. The molecule has 31 heavy (non-hydrogen) atoms. The van der Waals surface area contributed by atoms with Crippen molar-refractivity contribution in [1.29, 1.82) is 0 Å². The van der Waals surface area contributed by atoms with Crippen molar-refractivity contribution in [3.8, 4) is 17.1 Å². The zero-order valence-electron chi connectivity index (χ0n) is 17.3. The number of nitrogens with zero attached hydrogens (tertiary/aromatic N) is 2. The molecule has 0 saturated carbocycles. The van der Waals surface area contributed by atoms with Crippen molar-refractivity contribution in [2.24, 2.45) is 5.10 Å².